The van der Waals surface area contributed by atoms with Gasteiger partial charge in [-0.05, 0) is 72.0 Å². The number of aromatic nitrogens is 3. The topological polar surface area (TPSA) is 96.7 Å². The SMILES string of the molecule is COc1ccc(C(OC[C@H]2CC[C@H](n3ccc4c(NC(=O)c5ccccc5)ncnc43)O2)(c2ccccc2)c2ccc(OC)cc2)cc1. The molecule has 6 aromatic rings. The molecule has 0 radical (unpaired) electrons. The van der Waals surface area contributed by atoms with Crippen LogP contribution in [0.15, 0.2) is 128 Å². The predicted molar refractivity (Wildman–Crippen MR) is 183 cm³/mol. The van der Waals surface area contributed by atoms with Crippen molar-refractivity contribution >= 4 is 22.8 Å². The van der Waals surface area contributed by atoms with Gasteiger partial charge in [0.25, 0.3) is 5.91 Å². The lowest BCUT2D eigenvalue weighted by Gasteiger charge is -2.37. The summed E-state index contributed by atoms with van der Waals surface area (Å²) < 4.78 is 26.7. The molecule has 1 aliphatic heterocycles. The fourth-order valence-electron chi connectivity index (χ4n) is 6.38. The molecule has 4 aromatic carbocycles. The molecule has 0 bridgehead atoms. The first-order valence-corrected chi connectivity index (χ1v) is 15.9. The molecule has 0 saturated carbocycles. The molecule has 1 fully saturated rings. The second kappa shape index (κ2) is 13.7. The average molecular weight is 641 g/mol. The highest BCUT2D eigenvalue weighted by Gasteiger charge is 2.40. The van der Waals surface area contributed by atoms with Crippen molar-refractivity contribution in [3.63, 3.8) is 0 Å². The van der Waals surface area contributed by atoms with Gasteiger partial charge < -0.3 is 28.8 Å². The molecule has 3 heterocycles. The third-order valence-electron chi connectivity index (χ3n) is 8.83. The van der Waals surface area contributed by atoms with E-state index in [-0.39, 0.29) is 18.2 Å². The van der Waals surface area contributed by atoms with E-state index < -0.39 is 5.60 Å². The van der Waals surface area contributed by atoms with Gasteiger partial charge in [0.2, 0.25) is 0 Å². The largest absolute Gasteiger partial charge is 0.497 e. The van der Waals surface area contributed by atoms with Crippen LogP contribution in [0.2, 0.25) is 0 Å². The Kier molecular flexibility index (Phi) is 8.87. The second-order valence-corrected chi connectivity index (χ2v) is 11.6. The van der Waals surface area contributed by atoms with E-state index in [9.17, 15) is 4.79 Å². The minimum atomic E-state index is -0.930. The highest BCUT2D eigenvalue weighted by atomic mass is 16.6. The molecule has 0 aliphatic carbocycles. The lowest BCUT2D eigenvalue weighted by molar-refractivity contribution is -0.0755. The maximum atomic E-state index is 12.9. The number of nitrogens with zero attached hydrogens (tertiary/aromatic N) is 3. The fourth-order valence-corrected chi connectivity index (χ4v) is 6.38. The number of hydrogen-bond acceptors (Lipinski definition) is 7. The summed E-state index contributed by atoms with van der Waals surface area (Å²) in [4.78, 5) is 21.8. The first-order valence-electron chi connectivity index (χ1n) is 15.9. The number of carbonyl (C=O) groups excluding carboxylic acids is 1. The summed E-state index contributed by atoms with van der Waals surface area (Å²) in [6.07, 6.45) is 4.55. The number of hydrogen-bond donors (Lipinski definition) is 1. The molecule has 9 nitrogen and oxygen atoms in total. The zero-order chi connectivity index (χ0) is 32.9. The van der Waals surface area contributed by atoms with Gasteiger partial charge in [-0.25, -0.2) is 9.97 Å². The minimum Gasteiger partial charge on any atom is -0.497 e. The molecule has 242 valence electrons. The van der Waals surface area contributed by atoms with Crippen LogP contribution in [0.5, 0.6) is 11.5 Å². The van der Waals surface area contributed by atoms with Crippen molar-refractivity contribution < 1.29 is 23.7 Å². The molecular formula is C39H36N4O5. The zero-order valence-corrected chi connectivity index (χ0v) is 26.8. The van der Waals surface area contributed by atoms with E-state index in [0.29, 0.717) is 23.6 Å². The Bertz CT molecular complexity index is 1930. The summed E-state index contributed by atoms with van der Waals surface area (Å²) in [5.74, 6) is 1.76. The molecule has 0 spiro atoms. The van der Waals surface area contributed by atoms with E-state index in [0.717, 1.165) is 46.4 Å². The number of nitrogens with one attached hydrogen (secondary N) is 1. The number of rotatable bonds is 11. The summed E-state index contributed by atoms with van der Waals surface area (Å²) in [5.41, 5.74) is 3.24. The Morgan fingerprint density at radius 2 is 1.40 bits per heavy atom. The van der Waals surface area contributed by atoms with E-state index >= 15 is 0 Å². The van der Waals surface area contributed by atoms with Crippen LogP contribution in [-0.2, 0) is 15.1 Å². The summed E-state index contributed by atoms with van der Waals surface area (Å²) in [6, 6.07) is 37.2. The van der Waals surface area contributed by atoms with Gasteiger partial charge in [-0.3, -0.25) is 4.79 Å². The second-order valence-electron chi connectivity index (χ2n) is 11.6. The van der Waals surface area contributed by atoms with E-state index in [1.54, 1.807) is 26.4 Å². The van der Waals surface area contributed by atoms with Crippen molar-refractivity contribution in [3.05, 3.63) is 150 Å². The van der Waals surface area contributed by atoms with Crippen molar-refractivity contribution in [2.75, 3.05) is 26.1 Å². The van der Waals surface area contributed by atoms with Gasteiger partial charge in [0.1, 0.15) is 41.1 Å². The molecule has 1 aliphatic rings. The van der Waals surface area contributed by atoms with Crippen molar-refractivity contribution in [1.82, 2.24) is 14.5 Å². The molecule has 0 unspecified atom stereocenters. The van der Waals surface area contributed by atoms with Crippen molar-refractivity contribution in [2.24, 2.45) is 0 Å². The van der Waals surface area contributed by atoms with E-state index in [1.807, 2.05) is 102 Å². The highest BCUT2D eigenvalue weighted by Crippen LogP contribution is 2.43. The minimum absolute atomic E-state index is 0.175. The van der Waals surface area contributed by atoms with Gasteiger partial charge >= 0.3 is 0 Å². The molecule has 1 saturated heterocycles. The van der Waals surface area contributed by atoms with Crippen molar-refractivity contribution in [1.29, 1.82) is 0 Å². The molecule has 1 amide bonds. The predicted octanol–water partition coefficient (Wildman–Crippen LogP) is 7.39. The first kappa shape index (κ1) is 31.1. The maximum Gasteiger partial charge on any atom is 0.256 e. The molecule has 7 rings (SSSR count). The number of ether oxygens (including phenoxy) is 4. The smallest absolute Gasteiger partial charge is 0.256 e. The van der Waals surface area contributed by atoms with Gasteiger partial charge in [0.15, 0.2) is 0 Å². The molecule has 2 aromatic heterocycles. The normalized spacial score (nSPS) is 16.1. The Morgan fingerprint density at radius 1 is 0.792 bits per heavy atom. The van der Waals surface area contributed by atoms with Crippen LogP contribution in [0.25, 0.3) is 11.0 Å². The third kappa shape index (κ3) is 6.01. The van der Waals surface area contributed by atoms with E-state index in [1.165, 1.54) is 6.33 Å². The summed E-state index contributed by atoms with van der Waals surface area (Å²) in [6.45, 7) is 0.343. The van der Waals surface area contributed by atoms with Crippen molar-refractivity contribution in [3.8, 4) is 11.5 Å². The molecule has 9 heteroatoms. The van der Waals surface area contributed by atoms with Crippen LogP contribution in [-0.4, -0.2) is 47.4 Å². The number of benzene rings is 4. The number of methoxy groups -OCH3 is 2. The van der Waals surface area contributed by atoms with Gasteiger partial charge in [-0.15, -0.1) is 0 Å². The number of fused-ring (bicyclic) bond motifs is 1. The summed E-state index contributed by atoms with van der Waals surface area (Å²) >= 11 is 0. The third-order valence-corrected chi connectivity index (χ3v) is 8.83. The zero-order valence-electron chi connectivity index (χ0n) is 26.8. The van der Waals surface area contributed by atoms with Gasteiger partial charge in [0, 0.05) is 11.8 Å². The monoisotopic (exact) mass is 640 g/mol. The average Bonchev–Trinajstić information content (AvgIpc) is 3.81. The highest BCUT2D eigenvalue weighted by molar-refractivity contribution is 6.07. The Morgan fingerprint density at radius 3 is 2.02 bits per heavy atom. The summed E-state index contributed by atoms with van der Waals surface area (Å²) in [5, 5.41) is 3.67. The van der Waals surface area contributed by atoms with Crippen LogP contribution >= 0.6 is 0 Å². The molecular weight excluding hydrogens is 604 g/mol. The molecule has 1 N–H and O–H groups in total. The first-order chi connectivity index (χ1) is 23.6. The van der Waals surface area contributed by atoms with Crippen molar-refractivity contribution in [2.45, 2.75) is 30.8 Å². The van der Waals surface area contributed by atoms with Crippen LogP contribution in [0.4, 0.5) is 5.82 Å². The maximum absolute atomic E-state index is 12.9. The van der Waals surface area contributed by atoms with Gasteiger partial charge in [-0.1, -0.05) is 72.8 Å². The summed E-state index contributed by atoms with van der Waals surface area (Å²) in [7, 11) is 3.32. The van der Waals surface area contributed by atoms with Gasteiger partial charge in [0.05, 0.1) is 32.3 Å². The Hall–Kier alpha value is -5.51. The van der Waals surface area contributed by atoms with Crippen LogP contribution in [0, 0.1) is 0 Å². The molecule has 2 atom stereocenters. The van der Waals surface area contributed by atoms with Crippen LogP contribution in [0.3, 0.4) is 0 Å². The van der Waals surface area contributed by atoms with E-state index in [4.69, 9.17) is 18.9 Å². The molecule has 48 heavy (non-hydrogen) atoms. The lowest BCUT2D eigenvalue weighted by Crippen LogP contribution is -2.35. The number of anilines is 1. The van der Waals surface area contributed by atoms with Crippen LogP contribution < -0.4 is 14.8 Å². The number of amides is 1. The number of carbonyl (C=O) groups is 1. The lowest BCUT2D eigenvalue weighted by atomic mass is 9.80. The van der Waals surface area contributed by atoms with E-state index in [2.05, 4.69) is 27.4 Å². The quantitative estimate of drug-likeness (QED) is 0.148. The standard InChI is InChI=1S/C39H36N4O5/c1-45-31-17-13-29(14-18-31)39(28-11-7-4-8-12-28,30-15-19-32(46-2)20-16-30)47-25-33-21-22-35(48-33)43-24-23-34-36(40-26-41-37(34)43)42-38(44)27-9-5-3-6-10-27/h3-20,23-24,26,33,35H,21-22,25H2,1-2H3,(H,40,41,42,44)/t33-,35-/m1/s1. The fraction of sp³-hybridized carbons (Fsp3) is 0.205. The van der Waals surface area contributed by atoms with Crippen LogP contribution in [0.1, 0.15) is 46.1 Å². The Balaban J connectivity index is 1.15. The Labute approximate surface area is 279 Å². The van der Waals surface area contributed by atoms with Gasteiger partial charge in [-0.2, -0.15) is 0 Å².